The van der Waals surface area contributed by atoms with Crippen LogP contribution in [-0.4, -0.2) is 21.0 Å². The van der Waals surface area contributed by atoms with E-state index >= 15 is 0 Å². The molecule has 1 aromatic rings. The predicted octanol–water partition coefficient (Wildman–Crippen LogP) is 3.58. The summed E-state index contributed by atoms with van der Waals surface area (Å²) in [5, 5.41) is 3.26. The number of H-pyrrole nitrogens is 2. The Hall–Kier alpha value is -0.750. The highest BCUT2D eigenvalue weighted by Gasteiger charge is 2.02. The van der Waals surface area contributed by atoms with Gasteiger partial charge < -0.3 is 15.3 Å². The second-order valence-electron chi connectivity index (χ2n) is 3.89. The van der Waals surface area contributed by atoms with Gasteiger partial charge in [0.1, 0.15) is 0 Å². The molecule has 3 N–H and O–H groups in total. The number of unbranched alkanes of at least 4 members (excludes halogenated alkanes) is 2. The largest absolute Gasteiger partial charge is 0.353 e. The van der Waals surface area contributed by atoms with Crippen LogP contribution >= 0.6 is 24.4 Å². The summed E-state index contributed by atoms with van der Waals surface area (Å²) in [5.74, 6) is 0.651. The summed E-state index contributed by atoms with van der Waals surface area (Å²) < 4.78 is 0.912. The van der Waals surface area contributed by atoms with Crippen LogP contribution in [0.2, 0.25) is 0 Å². The Morgan fingerprint density at radius 1 is 1.31 bits per heavy atom. The third-order valence-corrected chi connectivity index (χ3v) is 2.69. The maximum absolute atomic E-state index is 4.99. The van der Waals surface area contributed by atoms with E-state index in [2.05, 4.69) is 34.1 Å². The van der Waals surface area contributed by atoms with Crippen LogP contribution in [0.4, 0.5) is 5.95 Å². The molecular formula is C10H18N4S2. The lowest BCUT2D eigenvalue weighted by Crippen LogP contribution is -2.17. The lowest BCUT2D eigenvalue weighted by atomic mass is 10.1. The summed E-state index contributed by atoms with van der Waals surface area (Å²) in [6.45, 7) is 4.33. The average molecular weight is 258 g/mol. The van der Waals surface area contributed by atoms with E-state index in [-0.39, 0.29) is 0 Å². The van der Waals surface area contributed by atoms with Crippen molar-refractivity contribution in [3.05, 3.63) is 9.54 Å². The number of hydrogen-bond acceptors (Lipinski definition) is 4. The van der Waals surface area contributed by atoms with Crippen LogP contribution in [0.5, 0.6) is 0 Å². The van der Waals surface area contributed by atoms with Crippen LogP contribution in [0.15, 0.2) is 0 Å². The van der Waals surface area contributed by atoms with Crippen molar-refractivity contribution in [1.29, 1.82) is 0 Å². The minimum atomic E-state index is 0.376. The second-order valence-corrected chi connectivity index (χ2v) is 4.68. The summed E-state index contributed by atoms with van der Waals surface area (Å²) in [6, 6.07) is 0.376. The number of aromatic amines is 2. The fourth-order valence-electron chi connectivity index (χ4n) is 1.47. The zero-order chi connectivity index (χ0) is 12.0. The first-order valence-corrected chi connectivity index (χ1v) is 6.40. The molecule has 0 radical (unpaired) electrons. The van der Waals surface area contributed by atoms with Crippen molar-refractivity contribution in [3.8, 4) is 0 Å². The summed E-state index contributed by atoms with van der Waals surface area (Å²) >= 11 is 9.94. The van der Waals surface area contributed by atoms with Crippen LogP contribution in [-0.2, 0) is 0 Å². The zero-order valence-corrected chi connectivity index (χ0v) is 11.3. The van der Waals surface area contributed by atoms with Crippen molar-refractivity contribution >= 4 is 30.4 Å². The Kier molecular flexibility index (Phi) is 5.62. The van der Waals surface area contributed by atoms with Crippen LogP contribution in [0.25, 0.3) is 0 Å². The van der Waals surface area contributed by atoms with Gasteiger partial charge in [-0.05, 0) is 37.8 Å². The Bertz CT molecular complexity index is 395. The smallest absolute Gasteiger partial charge is 0.205 e. The Balaban J connectivity index is 2.52. The van der Waals surface area contributed by atoms with Gasteiger partial charge in [0.25, 0.3) is 0 Å². The SMILES string of the molecule is CCCCCC(C)Nc1nc(=S)[nH]c(=S)[nH]1. The highest BCUT2D eigenvalue weighted by molar-refractivity contribution is 7.71. The molecule has 0 fully saturated rings. The monoisotopic (exact) mass is 258 g/mol. The van der Waals surface area contributed by atoms with Gasteiger partial charge in [-0.2, -0.15) is 4.98 Å². The quantitative estimate of drug-likeness (QED) is 0.539. The molecular weight excluding hydrogens is 240 g/mol. The molecule has 0 saturated carbocycles. The topological polar surface area (TPSA) is 56.5 Å². The van der Waals surface area contributed by atoms with Gasteiger partial charge in [-0.15, -0.1) is 0 Å². The molecule has 90 valence electrons. The molecule has 0 aliphatic heterocycles. The fraction of sp³-hybridized carbons (Fsp3) is 0.700. The van der Waals surface area contributed by atoms with E-state index in [0.717, 1.165) is 6.42 Å². The van der Waals surface area contributed by atoms with E-state index in [4.69, 9.17) is 24.4 Å². The molecule has 0 bridgehead atoms. The lowest BCUT2D eigenvalue weighted by Gasteiger charge is -2.13. The summed E-state index contributed by atoms with van der Waals surface area (Å²) in [7, 11) is 0. The maximum atomic E-state index is 4.99. The second kappa shape index (κ2) is 6.75. The predicted molar refractivity (Wildman–Crippen MR) is 71.8 cm³/mol. The molecule has 1 atom stereocenters. The standard InChI is InChI=1S/C10H18N4S2/c1-3-4-5-6-7(2)11-8-12-9(15)14-10(16)13-8/h7H,3-6H2,1-2H3,(H3,11,12,13,14,15,16). The molecule has 1 unspecified atom stereocenters. The third-order valence-electron chi connectivity index (χ3n) is 2.29. The van der Waals surface area contributed by atoms with Gasteiger partial charge in [-0.1, -0.05) is 26.2 Å². The van der Waals surface area contributed by atoms with E-state index in [1.807, 2.05) is 0 Å². The Morgan fingerprint density at radius 2 is 2.06 bits per heavy atom. The van der Waals surface area contributed by atoms with Crippen molar-refractivity contribution in [2.75, 3.05) is 5.32 Å². The van der Waals surface area contributed by atoms with E-state index in [0.29, 0.717) is 21.5 Å². The van der Waals surface area contributed by atoms with Crippen LogP contribution in [0.1, 0.15) is 39.5 Å². The molecule has 0 spiro atoms. The first-order valence-electron chi connectivity index (χ1n) is 5.59. The minimum Gasteiger partial charge on any atom is -0.353 e. The highest BCUT2D eigenvalue weighted by Crippen LogP contribution is 2.07. The van der Waals surface area contributed by atoms with Crippen molar-refractivity contribution in [3.63, 3.8) is 0 Å². The Labute approximate surface area is 106 Å². The van der Waals surface area contributed by atoms with Crippen molar-refractivity contribution in [1.82, 2.24) is 15.0 Å². The maximum Gasteiger partial charge on any atom is 0.205 e. The molecule has 1 aromatic heterocycles. The number of nitrogens with one attached hydrogen (secondary N) is 3. The summed E-state index contributed by atoms with van der Waals surface area (Å²) in [6.07, 6.45) is 4.86. The van der Waals surface area contributed by atoms with Gasteiger partial charge in [0.05, 0.1) is 0 Å². The number of hydrogen-bond donors (Lipinski definition) is 3. The number of nitrogens with zero attached hydrogens (tertiary/aromatic N) is 1. The van der Waals surface area contributed by atoms with Gasteiger partial charge in [0.2, 0.25) is 10.7 Å². The summed E-state index contributed by atoms with van der Waals surface area (Å²) in [5.41, 5.74) is 0. The number of anilines is 1. The molecule has 1 heterocycles. The highest BCUT2D eigenvalue weighted by atomic mass is 32.1. The van der Waals surface area contributed by atoms with Gasteiger partial charge in [-0.3, -0.25) is 0 Å². The molecule has 0 aromatic carbocycles. The van der Waals surface area contributed by atoms with Gasteiger partial charge in [0.15, 0.2) is 4.77 Å². The van der Waals surface area contributed by atoms with Gasteiger partial charge >= 0.3 is 0 Å². The normalized spacial score (nSPS) is 12.4. The first kappa shape index (κ1) is 13.3. The minimum absolute atomic E-state index is 0.376. The van der Waals surface area contributed by atoms with Crippen LogP contribution in [0.3, 0.4) is 0 Å². The molecule has 6 heteroatoms. The van der Waals surface area contributed by atoms with Crippen LogP contribution in [0, 0.1) is 9.54 Å². The lowest BCUT2D eigenvalue weighted by molar-refractivity contribution is 0.611. The summed E-state index contributed by atoms with van der Waals surface area (Å²) in [4.78, 5) is 9.83. The number of aromatic nitrogens is 3. The molecule has 0 aliphatic carbocycles. The zero-order valence-electron chi connectivity index (χ0n) is 9.67. The Morgan fingerprint density at radius 3 is 2.69 bits per heavy atom. The average Bonchev–Trinajstić information content (AvgIpc) is 2.16. The number of rotatable bonds is 6. The van der Waals surface area contributed by atoms with Crippen molar-refractivity contribution < 1.29 is 0 Å². The van der Waals surface area contributed by atoms with Crippen LogP contribution < -0.4 is 5.32 Å². The van der Waals surface area contributed by atoms with Gasteiger partial charge in [0, 0.05) is 6.04 Å². The first-order chi connectivity index (χ1) is 7.61. The van der Waals surface area contributed by atoms with Crippen molar-refractivity contribution in [2.45, 2.75) is 45.6 Å². The van der Waals surface area contributed by atoms with Gasteiger partial charge in [-0.25, -0.2) is 0 Å². The molecule has 1 rings (SSSR count). The molecule has 0 saturated heterocycles. The molecule has 4 nitrogen and oxygen atoms in total. The molecule has 16 heavy (non-hydrogen) atoms. The van der Waals surface area contributed by atoms with E-state index in [9.17, 15) is 0 Å². The fourth-order valence-corrected chi connectivity index (χ4v) is 1.92. The third kappa shape index (κ3) is 4.85. The van der Waals surface area contributed by atoms with E-state index in [1.54, 1.807) is 0 Å². The van der Waals surface area contributed by atoms with Crippen molar-refractivity contribution in [2.24, 2.45) is 0 Å². The van der Waals surface area contributed by atoms with E-state index in [1.165, 1.54) is 19.3 Å². The molecule has 0 aliphatic rings. The molecule has 0 amide bonds. The van der Waals surface area contributed by atoms with E-state index < -0.39 is 0 Å².